The van der Waals surface area contributed by atoms with E-state index in [1.54, 1.807) is 0 Å². The number of aliphatic imine (C=N–C) groups is 1. The van der Waals surface area contributed by atoms with Crippen molar-refractivity contribution in [1.82, 2.24) is 5.43 Å². The fraction of sp³-hybridized carbons (Fsp3) is 0.265. The van der Waals surface area contributed by atoms with Crippen LogP contribution in [0.15, 0.2) is 102 Å². The van der Waals surface area contributed by atoms with E-state index >= 15 is 0 Å². The number of hydrazine groups is 1. The van der Waals surface area contributed by atoms with Gasteiger partial charge in [0, 0.05) is 5.56 Å². The lowest BCUT2D eigenvalue weighted by Crippen LogP contribution is -2.36. The van der Waals surface area contributed by atoms with Crippen molar-refractivity contribution in [2.24, 2.45) is 4.99 Å². The van der Waals surface area contributed by atoms with Gasteiger partial charge in [0.15, 0.2) is 0 Å². The van der Waals surface area contributed by atoms with E-state index < -0.39 is 0 Å². The highest BCUT2D eigenvalue weighted by atomic mass is 15.6. The van der Waals surface area contributed by atoms with E-state index in [0.717, 1.165) is 17.1 Å². The molecule has 5 rings (SSSR count). The Morgan fingerprint density at radius 1 is 0.514 bits per heavy atom. The molecule has 0 saturated carbocycles. The maximum absolute atomic E-state index is 4.75. The van der Waals surface area contributed by atoms with Crippen LogP contribution in [0, 0.1) is 0 Å². The van der Waals surface area contributed by atoms with E-state index in [4.69, 9.17) is 4.99 Å². The molecule has 3 nitrogen and oxygen atoms in total. The number of benzene rings is 4. The molecule has 4 aromatic carbocycles. The van der Waals surface area contributed by atoms with Crippen LogP contribution < -0.4 is 10.4 Å². The summed E-state index contributed by atoms with van der Waals surface area (Å²) in [5.41, 5.74) is 13.6. The summed E-state index contributed by atoms with van der Waals surface area (Å²) in [5.74, 6) is 0.900. The van der Waals surface area contributed by atoms with E-state index in [0.29, 0.717) is 6.67 Å². The normalized spacial score (nSPS) is 13.9. The number of nitrogens with zero attached hydrogens (tertiary/aromatic N) is 2. The number of anilines is 1. The highest BCUT2D eigenvalue weighted by molar-refractivity contribution is 6.01. The summed E-state index contributed by atoms with van der Waals surface area (Å²) in [6.45, 7) is 14.1. The summed E-state index contributed by atoms with van der Waals surface area (Å²) in [5, 5.41) is 2.08. The quantitative estimate of drug-likeness (QED) is 0.313. The molecule has 1 heterocycles. The van der Waals surface area contributed by atoms with Crippen LogP contribution in [0.5, 0.6) is 0 Å². The first-order valence-electron chi connectivity index (χ1n) is 13.1. The molecule has 37 heavy (non-hydrogen) atoms. The van der Waals surface area contributed by atoms with Crippen molar-refractivity contribution in [3.8, 4) is 22.3 Å². The second-order valence-corrected chi connectivity index (χ2v) is 12.0. The van der Waals surface area contributed by atoms with Crippen molar-refractivity contribution < 1.29 is 0 Å². The maximum Gasteiger partial charge on any atom is 0.149 e. The van der Waals surface area contributed by atoms with Gasteiger partial charge in [-0.1, -0.05) is 126 Å². The Kier molecular flexibility index (Phi) is 6.41. The van der Waals surface area contributed by atoms with Gasteiger partial charge in [0.1, 0.15) is 12.5 Å². The molecular weight excluding hydrogens is 450 g/mol. The molecular formula is C34H37N3. The average Bonchev–Trinajstić information content (AvgIpc) is 3.39. The Morgan fingerprint density at radius 3 is 1.27 bits per heavy atom. The fourth-order valence-electron chi connectivity index (χ4n) is 4.62. The van der Waals surface area contributed by atoms with Gasteiger partial charge in [-0.05, 0) is 56.3 Å². The second kappa shape index (κ2) is 9.55. The maximum atomic E-state index is 4.75. The Hall–Kier alpha value is -3.85. The molecule has 0 amide bonds. The van der Waals surface area contributed by atoms with Crippen LogP contribution in [0.1, 0.15) is 58.2 Å². The molecule has 188 valence electrons. The third-order valence-electron chi connectivity index (χ3n) is 7.12. The van der Waals surface area contributed by atoms with E-state index in [-0.39, 0.29) is 10.8 Å². The first kappa shape index (κ1) is 24.8. The van der Waals surface area contributed by atoms with Gasteiger partial charge in [-0.3, -0.25) is 10.4 Å². The molecule has 0 saturated heterocycles. The van der Waals surface area contributed by atoms with Crippen molar-refractivity contribution in [2.45, 2.75) is 52.4 Å². The zero-order valence-electron chi connectivity index (χ0n) is 22.8. The SMILES string of the molecule is CC(C)(C)c1ccc(-c2ccc(C3=NCN(c4ccc(-c5ccc(C(C)(C)C)cc5)cc4)N3)cc2)cc1. The third-order valence-corrected chi connectivity index (χ3v) is 7.12. The van der Waals surface area contributed by atoms with Crippen LogP contribution in [-0.2, 0) is 10.8 Å². The lowest BCUT2D eigenvalue weighted by molar-refractivity contribution is 0.590. The number of nitrogens with one attached hydrogen (secondary N) is 1. The number of rotatable bonds is 4. The molecule has 0 radical (unpaired) electrons. The van der Waals surface area contributed by atoms with Gasteiger partial charge in [0.25, 0.3) is 0 Å². The minimum Gasteiger partial charge on any atom is -0.280 e. The first-order chi connectivity index (χ1) is 17.6. The van der Waals surface area contributed by atoms with Crippen LogP contribution in [0.2, 0.25) is 0 Å². The Morgan fingerprint density at radius 2 is 0.865 bits per heavy atom. The minimum atomic E-state index is 0.165. The predicted molar refractivity (Wildman–Crippen MR) is 158 cm³/mol. The standard InChI is InChI=1S/C34H37N3/c1-33(2,3)29-17-11-25(12-18-29)24-7-9-28(10-8-24)32-35-23-37(36-32)31-21-15-27(16-22-31)26-13-19-30(20-14-26)34(4,5)6/h7-22H,23H2,1-6H3,(H,35,36). The lowest BCUT2D eigenvalue weighted by Gasteiger charge is -2.20. The Balaban J connectivity index is 1.23. The van der Waals surface area contributed by atoms with E-state index in [1.807, 2.05) is 0 Å². The number of hydrogen-bond donors (Lipinski definition) is 1. The van der Waals surface area contributed by atoms with Gasteiger partial charge < -0.3 is 0 Å². The number of hydrogen-bond acceptors (Lipinski definition) is 3. The molecule has 0 aromatic heterocycles. The molecule has 0 spiro atoms. The highest BCUT2D eigenvalue weighted by Crippen LogP contribution is 2.29. The van der Waals surface area contributed by atoms with Crippen molar-refractivity contribution in [3.63, 3.8) is 0 Å². The molecule has 0 atom stereocenters. The highest BCUT2D eigenvalue weighted by Gasteiger charge is 2.18. The molecule has 0 unspecified atom stereocenters. The Bertz CT molecular complexity index is 1380. The monoisotopic (exact) mass is 487 g/mol. The van der Waals surface area contributed by atoms with Crippen LogP contribution in [0.3, 0.4) is 0 Å². The van der Waals surface area contributed by atoms with Crippen molar-refractivity contribution in [3.05, 3.63) is 114 Å². The second-order valence-electron chi connectivity index (χ2n) is 12.0. The summed E-state index contributed by atoms with van der Waals surface area (Å²) in [6, 6.07) is 35.1. The third kappa shape index (κ3) is 5.46. The topological polar surface area (TPSA) is 27.6 Å². The molecule has 4 aromatic rings. The molecule has 1 N–H and O–H groups in total. The van der Waals surface area contributed by atoms with Crippen molar-refractivity contribution in [1.29, 1.82) is 0 Å². The minimum absolute atomic E-state index is 0.165. The molecule has 3 heteroatoms. The van der Waals surface area contributed by atoms with Crippen LogP contribution in [0.4, 0.5) is 5.69 Å². The lowest BCUT2D eigenvalue weighted by atomic mass is 9.86. The van der Waals surface area contributed by atoms with Gasteiger partial charge in [-0.2, -0.15) is 0 Å². The summed E-state index contributed by atoms with van der Waals surface area (Å²) in [7, 11) is 0. The fourth-order valence-corrected chi connectivity index (χ4v) is 4.62. The van der Waals surface area contributed by atoms with Gasteiger partial charge >= 0.3 is 0 Å². The van der Waals surface area contributed by atoms with Crippen molar-refractivity contribution >= 4 is 11.5 Å². The molecule has 0 aliphatic carbocycles. The van der Waals surface area contributed by atoms with Gasteiger partial charge in [-0.15, -0.1) is 0 Å². The van der Waals surface area contributed by atoms with Crippen LogP contribution >= 0.6 is 0 Å². The smallest absolute Gasteiger partial charge is 0.149 e. The first-order valence-corrected chi connectivity index (χ1v) is 13.1. The van der Waals surface area contributed by atoms with Crippen LogP contribution in [-0.4, -0.2) is 12.5 Å². The van der Waals surface area contributed by atoms with E-state index in [9.17, 15) is 0 Å². The largest absolute Gasteiger partial charge is 0.280 e. The van der Waals surface area contributed by atoms with Gasteiger partial charge in [0.05, 0.1) is 5.69 Å². The van der Waals surface area contributed by atoms with Crippen molar-refractivity contribution in [2.75, 3.05) is 11.7 Å². The summed E-state index contributed by atoms with van der Waals surface area (Å²) in [4.78, 5) is 4.75. The van der Waals surface area contributed by atoms with E-state index in [2.05, 4.69) is 149 Å². The summed E-state index contributed by atoms with van der Waals surface area (Å²) >= 11 is 0. The molecule has 0 bridgehead atoms. The zero-order valence-corrected chi connectivity index (χ0v) is 22.8. The van der Waals surface area contributed by atoms with Gasteiger partial charge in [0.2, 0.25) is 0 Å². The average molecular weight is 488 g/mol. The summed E-state index contributed by atoms with van der Waals surface area (Å²) < 4.78 is 0. The molecule has 1 aliphatic rings. The zero-order chi connectivity index (χ0) is 26.2. The molecule has 1 aliphatic heterocycles. The van der Waals surface area contributed by atoms with E-state index in [1.165, 1.54) is 33.4 Å². The van der Waals surface area contributed by atoms with Crippen LogP contribution in [0.25, 0.3) is 22.3 Å². The Labute approximate surface area is 221 Å². The summed E-state index contributed by atoms with van der Waals surface area (Å²) in [6.07, 6.45) is 0. The number of amidine groups is 1. The molecule has 0 fully saturated rings. The predicted octanol–water partition coefficient (Wildman–Crippen LogP) is 8.34. The van der Waals surface area contributed by atoms with Gasteiger partial charge in [-0.25, -0.2) is 4.99 Å².